The van der Waals surface area contributed by atoms with E-state index in [1.807, 2.05) is 19.1 Å². The molecule has 0 aromatic heterocycles. The molecule has 0 aliphatic carbocycles. The van der Waals surface area contributed by atoms with Crippen LogP contribution >= 0.6 is 35.6 Å². The molecular formula is C20H32ClIN4O3. The molecule has 0 bridgehead atoms. The number of hydrogen-bond donors (Lipinski definition) is 3. The molecule has 164 valence electrons. The van der Waals surface area contributed by atoms with Crippen LogP contribution in [0.15, 0.2) is 23.2 Å². The summed E-state index contributed by atoms with van der Waals surface area (Å²) in [6.07, 6.45) is 2.32. The number of nitrogens with zero attached hydrogens (tertiary/aromatic N) is 1. The zero-order valence-corrected chi connectivity index (χ0v) is 20.2. The number of anilines is 1. The van der Waals surface area contributed by atoms with Gasteiger partial charge in [0.15, 0.2) is 5.96 Å². The van der Waals surface area contributed by atoms with Gasteiger partial charge in [0.2, 0.25) is 5.91 Å². The number of carbonyl (C=O) groups is 1. The molecule has 1 saturated heterocycles. The molecule has 1 unspecified atom stereocenters. The summed E-state index contributed by atoms with van der Waals surface area (Å²) in [5.74, 6) is 1.15. The summed E-state index contributed by atoms with van der Waals surface area (Å²) in [5.41, 5.74) is 1.61. The summed E-state index contributed by atoms with van der Waals surface area (Å²) in [6.45, 7) is 6.29. The lowest BCUT2D eigenvalue weighted by molar-refractivity contribution is -0.116. The van der Waals surface area contributed by atoms with Crippen LogP contribution in [0.2, 0.25) is 5.02 Å². The van der Waals surface area contributed by atoms with Crippen molar-refractivity contribution in [3.8, 4) is 0 Å². The first kappa shape index (κ1) is 25.9. The van der Waals surface area contributed by atoms with Crippen molar-refractivity contribution in [2.24, 2.45) is 10.9 Å². The van der Waals surface area contributed by atoms with Crippen molar-refractivity contribution >= 4 is 53.1 Å². The standard InChI is InChI=1S/C20H31ClN4O3.HI/c1-15-17(21)5-3-6-18(15)25-19(26)7-10-24-20(22-2)23-9-4-11-27-13-16-8-12-28-14-16;/h3,5-6,16H,4,7-14H2,1-2H3,(H,25,26)(H2,22,23,24);1H. The molecule has 3 N–H and O–H groups in total. The van der Waals surface area contributed by atoms with Crippen LogP contribution in [0.4, 0.5) is 5.69 Å². The Morgan fingerprint density at radius 2 is 2.14 bits per heavy atom. The first-order valence-electron chi connectivity index (χ1n) is 9.75. The number of carbonyl (C=O) groups excluding carboxylic acids is 1. The van der Waals surface area contributed by atoms with Crippen molar-refractivity contribution in [3.05, 3.63) is 28.8 Å². The maximum absolute atomic E-state index is 12.1. The first-order valence-corrected chi connectivity index (χ1v) is 10.1. The van der Waals surface area contributed by atoms with Crippen molar-refractivity contribution in [3.63, 3.8) is 0 Å². The third kappa shape index (κ3) is 9.97. The van der Waals surface area contributed by atoms with E-state index in [0.717, 1.165) is 50.5 Å². The Morgan fingerprint density at radius 1 is 1.34 bits per heavy atom. The van der Waals surface area contributed by atoms with Crippen LogP contribution in [0.25, 0.3) is 0 Å². The van der Waals surface area contributed by atoms with E-state index in [-0.39, 0.29) is 29.9 Å². The lowest BCUT2D eigenvalue weighted by atomic mass is 10.1. The van der Waals surface area contributed by atoms with E-state index in [9.17, 15) is 4.79 Å². The van der Waals surface area contributed by atoms with Gasteiger partial charge in [-0.25, -0.2) is 0 Å². The smallest absolute Gasteiger partial charge is 0.226 e. The fourth-order valence-electron chi connectivity index (χ4n) is 2.82. The number of halogens is 2. The Kier molecular flexibility index (Phi) is 13.2. The molecule has 1 aromatic carbocycles. The second-order valence-electron chi connectivity index (χ2n) is 6.79. The molecule has 1 heterocycles. The van der Waals surface area contributed by atoms with Crippen molar-refractivity contribution < 1.29 is 14.3 Å². The Hall–Kier alpha value is -1.10. The maximum atomic E-state index is 12.1. The molecule has 9 heteroatoms. The lowest BCUT2D eigenvalue weighted by Crippen LogP contribution is -2.39. The Labute approximate surface area is 195 Å². The Bertz CT molecular complexity index is 655. The Morgan fingerprint density at radius 3 is 2.86 bits per heavy atom. The van der Waals surface area contributed by atoms with Gasteiger partial charge < -0.3 is 25.4 Å². The highest BCUT2D eigenvalue weighted by Crippen LogP contribution is 2.22. The van der Waals surface area contributed by atoms with Crippen molar-refractivity contribution in [1.29, 1.82) is 0 Å². The molecule has 1 fully saturated rings. The van der Waals surface area contributed by atoms with Crippen LogP contribution in [0.3, 0.4) is 0 Å². The number of amides is 1. The number of hydrogen-bond acceptors (Lipinski definition) is 4. The third-order valence-corrected chi connectivity index (χ3v) is 4.95. The minimum atomic E-state index is -0.0717. The van der Waals surface area contributed by atoms with Crippen LogP contribution < -0.4 is 16.0 Å². The predicted octanol–water partition coefficient (Wildman–Crippen LogP) is 3.20. The predicted molar refractivity (Wildman–Crippen MR) is 129 cm³/mol. The van der Waals surface area contributed by atoms with Gasteiger partial charge in [-0.15, -0.1) is 24.0 Å². The van der Waals surface area contributed by atoms with E-state index in [0.29, 0.717) is 36.5 Å². The van der Waals surface area contributed by atoms with E-state index in [2.05, 4.69) is 20.9 Å². The van der Waals surface area contributed by atoms with E-state index < -0.39 is 0 Å². The second kappa shape index (κ2) is 14.8. The van der Waals surface area contributed by atoms with Crippen LogP contribution in [-0.2, 0) is 14.3 Å². The first-order chi connectivity index (χ1) is 13.6. The molecule has 2 rings (SSSR count). The number of benzene rings is 1. The van der Waals surface area contributed by atoms with Gasteiger partial charge in [-0.05, 0) is 37.5 Å². The van der Waals surface area contributed by atoms with Crippen LogP contribution in [0, 0.1) is 12.8 Å². The highest BCUT2D eigenvalue weighted by Gasteiger charge is 2.15. The SMILES string of the molecule is CN=C(NCCCOCC1CCOC1)NCCC(=O)Nc1cccc(Cl)c1C.I. The zero-order chi connectivity index (χ0) is 20.2. The molecule has 0 saturated carbocycles. The monoisotopic (exact) mass is 538 g/mol. The zero-order valence-electron chi connectivity index (χ0n) is 17.1. The topological polar surface area (TPSA) is 84.0 Å². The van der Waals surface area contributed by atoms with Crippen molar-refractivity contribution in [2.45, 2.75) is 26.2 Å². The number of rotatable bonds is 10. The van der Waals surface area contributed by atoms with E-state index in [4.69, 9.17) is 21.1 Å². The fourth-order valence-corrected chi connectivity index (χ4v) is 2.99. The molecule has 1 aromatic rings. The second-order valence-corrected chi connectivity index (χ2v) is 7.20. The average molecular weight is 539 g/mol. The normalized spacial score (nSPS) is 16.2. The quantitative estimate of drug-likeness (QED) is 0.184. The minimum absolute atomic E-state index is 0. The number of aliphatic imine (C=N–C) groups is 1. The maximum Gasteiger partial charge on any atom is 0.226 e. The van der Waals surface area contributed by atoms with Crippen LogP contribution in [0.5, 0.6) is 0 Å². The van der Waals surface area contributed by atoms with Gasteiger partial charge >= 0.3 is 0 Å². The molecular weight excluding hydrogens is 507 g/mol. The van der Waals surface area contributed by atoms with Gasteiger partial charge in [0.25, 0.3) is 0 Å². The summed E-state index contributed by atoms with van der Waals surface area (Å²) in [7, 11) is 1.71. The third-order valence-electron chi connectivity index (χ3n) is 4.55. The van der Waals surface area contributed by atoms with Crippen molar-refractivity contribution in [2.75, 3.05) is 51.9 Å². The minimum Gasteiger partial charge on any atom is -0.381 e. The molecule has 7 nitrogen and oxygen atoms in total. The van der Waals surface area contributed by atoms with Gasteiger partial charge in [-0.2, -0.15) is 0 Å². The Balaban J connectivity index is 0.00000420. The molecule has 1 aliphatic rings. The number of nitrogens with one attached hydrogen (secondary N) is 3. The van der Waals surface area contributed by atoms with Gasteiger partial charge in [0.05, 0.1) is 13.2 Å². The highest BCUT2D eigenvalue weighted by molar-refractivity contribution is 14.0. The van der Waals surface area contributed by atoms with Gasteiger partial charge in [0, 0.05) is 56.4 Å². The summed E-state index contributed by atoms with van der Waals surface area (Å²) in [5, 5.41) is 9.89. The summed E-state index contributed by atoms with van der Waals surface area (Å²) in [6, 6.07) is 5.47. The van der Waals surface area contributed by atoms with Gasteiger partial charge in [0.1, 0.15) is 0 Å². The van der Waals surface area contributed by atoms with Crippen molar-refractivity contribution in [1.82, 2.24) is 10.6 Å². The summed E-state index contributed by atoms with van der Waals surface area (Å²) < 4.78 is 11.0. The van der Waals surface area contributed by atoms with Gasteiger partial charge in [-0.1, -0.05) is 17.7 Å². The number of guanidine groups is 1. The highest BCUT2D eigenvalue weighted by atomic mass is 127. The molecule has 1 amide bonds. The molecule has 29 heavy (non-hydrogen) atoms. The molecule has 1 atom stereocenters. The van der Waals surface area contributed by atoms with E-state index >= 15 is 0 Å². The largest absolute Gasteiger partial charge is 0.381 e. The van der Waals surface area contributed by atoms with E-state index in [1.165, 1.54) is 0 Å². The molecule has 1 aliphatic heterocycles. The van der Waals surface area contributed by atoms with Gasteiger partial charge in [-0.3, -0.25) is 9.79 Å². The lowest BCUT2D eigenvalue weighted by Gasteiger charge is -2.13. The van der Waals surface area contributed by atoms with Crippen LogP contribution in [0.1, 0.15) is 24.8 Å². The fraction of sp³-hybridized carbons (Fsp3) is 0.600. The summed E-state index contributed by atoms with van der Waals surface area (Å²) >= 11 is 6.07. The van der Waals surface area contributed by atoms with Crippen LogP contribution in [-0.4, -0.2) is 58.4 Å². The molecule has 0 spiro atoms. The number of ether oxygens (including phenoxy) is 2. The molecule has 0 radical (unpaired) electrons. The summed E-state index contributed by atoms with van der Waals surface area (Å²) in [4.78, 5) is 16.3. The van der Waals surface area contributed by atoms with E-state index in [1.54, 1.807) is 13.1 Å². The average Bonchev–Trinajstić information content (AvgIpc) is 3.20.